The summed E-state index contributed by atoms with van der Waals surface area (Å²) < 4.78 is 13.2. The Morgan fingerprint density at radius 1 is 1.20 bits per heavy atom. The second-order valence-electron chi connectivity index (χ2n) is 5.03. The molecule has 1 N–H and O–H groups in total. The van der Waals surface area contributed by atoms with Gasteiger partial charge < -0.3 is 14.8 Å². The number of aryl methyl sites for hydroxylation is 1. The van der Waals surface area contributed by atoms with Crippen molar-refractivity contribution < 1.29 is 14.3 Å². The summed E-state index contributed by atoms with van der Waals surface area (Å²) in [6.07, 6.45) is 4.82. The molecule has 0 aliphatic rings. The van der Waals surface area contributed by atoms with E-state index in [-0.39, 0.29) is 12.5 Å². The van der Waals surface area contributed by atoms with E-state index in [1.54, 1.807) is 31.7 Å². The molecule has 1 amide bonds. The average molecular weight is 344 g/mol. The molecule has 3 rings (SSSR count). The number of nitrogens with zero attached hydrogens (tertiary/aromatic N) is 7. The van der Waals surface area contributed by atoms with Crippen LogP contribution in [0.2, 0.25) is 0 Å². The Morgan fingerprint density at radius 2 is 1.92 bits per heavy atom. The summed E-state index contributed by atoms with van der Waals surface area (Å²) in [6, 6.07) is 1.57. The highest BCUT2D eigenvalue weighted by atomic mass is 16.5. The third-order valence-electron chi connectivity index (χ3n) is 3.16. The molecule has 3 aromatic rings. The van der Waals surface area contributed by atoms with Crippen LogP contribution in [0.3, 0.4) is 0 Å². The molecule has 0 spiro atoms. The van der Waals surface area contributed by atoms with E-state index < -0.39 is 0 Å². The molecular weight excluding hydrogens is 328 g/mol. The Morgan fingerprint density at radius 3 is 2.52 bits per heavy atom. The highest BCUT2D eigenvalue weighted by molar-refractivity contribution is 5.89. The molecule has 0 saturated carbocycles. The zero-order valence-electron chi connectivity index (χ0n) is 13.9. The fraction of sp³-hybridized carbons (Fsp3) is 0.286. The lowest BCUT2D eigenvalue weighted by molar-refractivity contribution is -0.116. The Bertz CT molecular complexity index is 866. The third kappa shape index (κ3) is 3.88. The van der Waals surface area contributed by atoms with Gasteiger partial charge in [-0.25, -0.2) is 0 Å². The summed E-state index contributed by atoms with van der Waals surface area (Å²) in [4.78, 5) is 20.5. The van der Waals surface area contributed by atoms with Crippen molar-refractivity contribution in [3.8, 4) is 23.1 Å². The van der Waals surface area contributed by atoms with Crippen molar-refractivity contribution in [2.45, 2.75) is 6.54 Å². The van der Waals surface area contributed by atoms with Gasteiger partial charge in [-0.3, -0.25) is 14.2 Å². The van der Waals surface area contributed by atoms with Gasteiger partial charge in [0.2, 0.25) is 17.7 Å². The number of ether oxygens (including phenoxy) is 2. The number of aromatic nitrogens is 7. The fourth-order valence-electron chi connectivity index (χ4n) is 2.04. The van der Waals surface area contributed by atoms with Gasteiger partial charge in [0.05, 0.1) is 38.2 Å². The zero-order valence-corrected chi connectivity index (χ0v) is 13.9. The highest BCUT2D eigenvalue weighted by Gasteiger charge is 2.12. The molecule has 0 unspecified atom stereocenters. The van der Waals surface area contributed by atoms with Crippen LogP contribution >= 0.6 is 0 Å². The second-order valence-corrected chi connectivity index (χ2v) is 5.03. The lowest BCUT2D eigenvalue weighted by Gasteiger charge is -2.04. The molecule has 0 bridgehead atoms. The van der Waals surface area contributed by atoms with Crippen LogP contribution in [-0.4, -0.2) is 54.9 Å². The molecule has 3 heterocycles. The molecule has 11 nitrogen and oxygen atoms in total. The number of methoxy groups -OCH3 is 2. The predicted octanol–water partition coefficient (Wildman–Crippen LogP) is 0.124. The monoisotopic (exact) mass is 344 g/mol. The Labute approximate surface area is 142 Å². The summed E-state index contributed by atoms with van der Waals surface area (Å²) >= 11 is 0. The number of anilines is 1. The summed E-state index contributed by atoms with van der Waals surface area (Å²) in [5.74, 6) is 1.22. The standard InChI is InChI=1S/C14H16N8O3/c1-21-7-10(19-20-21)16-11(23)8-22-6-9(5-15-22)14-17-12(24-2)4-13(18-14)25-3/h4-7H,8H2,1-3H3,(H,16,23). The van der Waals surface area contributed by atoms with E-state index in [0.29, 0.717) is 29.0 Å². The van der Waals surface area contributed by atoms with Crippen molar-refractivity contribution in [3.63, 3.8) is 0 Å². The van der Waals surface area contributed by atoms with Gasteiger partial charge in [-0.1, -0.05) is 5.21 Å². The topological polar surface area (TPSA) is 122 Å². The Kier molecular flexibility index (Phi) is 4.55. The first-order valence-corrected chi connectivity index (χ1v) is 7.23. The number of nitrogens with one attached hydrogen (secondary N) is 1. The highest BCUT2D eigenvalue weighted by Crippen LogP contribution is 2.21. The summed E-state index contributed by atoms with van der Waals surface area (Å²) in [7, 11) is 4.72. The van der Waals surface area contributed by atoms with Crippen molar-refractivity contribution in [3.05, 3.63) is 24.7 Å². The molecule has 0 radical (unpaired) electrons. The van der Waals surface area contributed by atoms with E-state index in [4.69, 9.17) is 9.47 Å². The molecule has 11 heteroatoms. The van der Waals surface area contributed by atoms with Gasteiger partial charge in [-0.05, 0) is 0 Å². The summed E-state index contributed by atoms with van der Waals surface area (Å²) in [6.45, 7) is 0.0116. The molecule has 25 heavy (non-hydrogen) atoms. The SMILES string of the molecule is COc1cc(OC)nc(-c2cnn(CC(=O)Nc3cn(C)nn3)c2)n1. The number of carbonyl (C=O) groups is 1. The van der Waals surface area contributed by atoms with Crippen LogP contribution in [0.5, 0.6) is 11.8 Å². The van der Waals surface area contributed by atoms with Crippen LogP contribution in [0.25, 0.3) is 11.4 Å². The number of hydrogen-bond acceptors (Lipinski definition) is 8. The lowest BCUT2D eigenvalue weighted by atomic mass is 10.3. The molecule has 0 aromatic carbocycles. The zero-order chi connectivity index (χ0) is 17.8. The maximum atomic E-state index is 12.0. The van der Waals surface area contributed by atoms with Crippen molar-refractivity contribution in [2.75, 3.05) is 19.5 Å². The predicted molar refractivity (Wildman–Crippen MR) is 86.0 cm³/mol. The van der Waals surface area contributed by atoms with Crippen molar-refractivity contribution >= 4 is 11.7 Å². The van der Waals surface area contributed by atoms with Gasteiger partial charge in [-0.15, -0.1) is 5.10 Å². The normalized spacial score (nSPS) is 10.5. The van der Waals surface area contributed by atoms with Crippen LogP contribution in [0.1, 0.15) is 0 Å². The first-order valence-electron chi connectivity index (χ1n) is 7.23. The third-order valence-corrected chi connectivity index (χ3v) is 3.16. The summed E-state index contributed by atoms with van der Waals surface area (Å²) in [5.41, 5.74) is 0.629. The van der Waals surface area contributed by atoms with Crippen molar-refractivity contribution in [1.82, 2.24) is 34.7 Å². The molecule has 0 fully saturated rings. The van der Waals surface area contributed by atoms with Crippen LogP contribution in [0.4, 0.5) is 5.82 Å². The molecular formula is C14H16N8O3. The van der Waals surface area contributed by atoms with E-state index in [1.165, 1.54) is 23.6 Å². The van der Waals surface area contributed by atoms with Gasteiger partial charge in [0.1, 0.15) is 6.54 Å². The molecule has 0 saturated heterocycles. The maximum Gasteiger partial charge on any atom is 0.247 e. The smallest absolute Gasteiger partial charge is 0.247 e. The van der Waals surface area contributed by atoms with Crippen LogP contribution < -0.4 is 14.8 Å². The van der Waals surface area contributed by atoms with E-state index in [1.807, 2.05) is 0 Å². The number of rotatable bonds is 6. The van der Waals surface area contributed by atoms with Crippen LogP contribution in [0, 0.1) is 0 Å². The minimum Gasteiger partial charge on any atom is -0.481 e. The van der Waals surface area contributed by atoms with E-state index in [0.717, 1.165) is 0 Å². The van der Waals surface area contributed by atoms with Gasteiger partial charge >= 0.3 is 0 Å². The van der Waals surface area contributed by atoms with Crippen LogP contribution in [-0.2, 0) is 18.4 Å². The number of carbonyl (C=O) groups excluding carboxylic acids is 1. The van der Waals surface area contributed by atoms with Crippen LogP contribution in [0.15, 0.2) is 24.7 Å². The quantitative estimate of drug-likeness (QED) is 0.669. The van der Waals surface area contributed by atoms with Gasteiger partial charge in [0.15, 0.2) is 11.6 Å². The lowest BCUT2D eigenvalue weighted by Crippen LogP contribution is -2.19. The Hall–Kier alpha value is -3.50. The average Bonchev–Trinajstić information content (AvgIpc) is 3.23. The minimum atomic E-state index is -0.278. The summed E-state index contributed by atoms with van der Waals surface area (Å²) in [5, 5.41) is 14.3. The molecule has 3 aromatic heterocycles. The minimum absolute atomic E-state index is 0.0116. The fourth-order valence-corrected chi connectivity index (χ4v) is 2.04. The van der Waals surface area contributed by atoms with E-state index in [9.17, 15) is 4.79 Å². The molecule has 0 aliphatic carbocycles. The van der Waals surface area contributed by atoms with Crippen molar-refractivity contribution in [2.24, 2.45) is 7.05 Å². The van der Waals surface area contributed by atoms with Gasteiger partial charge in [-0.2, -0.15) is 15.1 Å². The van der Waals surface area contributed by atoms with Gasteiger partial charge in [0.25, 0.3) is 0 Å². The largest absolute Gasteiger partial charge is 0.481 e. The molecule has 0 atom stereocenters. The Balaban J connectivity index is 1.73. The number of amides is 1. The molecule has 130 valence electrons. The number of hydrogen-bond donors (Lipinski definition) is 1. The van der Waals surface area contributed by atoms with Gasteiger partial charge in [0, 0.05) is 13.2 Å². The first kappa shape index (κ1) is 16.4. The molecule has 0 aliphatic heterocycles. The second kappa shape index (κ2) is 6.95. The van der Waals surface area contributed by atoms with E-state index in [2.05, 4.69) is 30.7 Å². The van der Waals surface area contributed by atoms with E-state index >= 15 is 0 Å². The van der Waals surface area contributed by atoms with Crippen molar-refractivity contribution in [1.29, 1.82) is 0 Å². The first-order chi connectivity index (χ1) is 12.1. The maximum absolute atomic E-state index is 12.0.